The average Bonchev–Trinajstić information content (AvgIpc) is 3.48. The van der Waals surface area contributed by atoms with Crippen LogP contribution in [-0.2, 0) is 29.0 Å². The molecule has 0 fully saturated rings. The SMILES string of the molecule is CC(C)(C)OC(=O)N=C(N)N(C(=O)OC(C)(C)C)c1cccc(-c2ccc(C(=O)NCC(NS(=O)(=O)c3ccccc3)C(=O)OC(C)(C)C)s2)c1. The Hall–Kier alpha value is -4.80. The number of carbonyl (C=O) groups excluding carboxylic acids is 4. The maximum Gasteiger partial charge on any atom is 0.437 e. The topological polar surface area (TPSA) is 196 Å². The van der Waals surface area contributed by atoms with Gasteiger partial charge in [0.2, 0.25) is 16.0 Å². The Morgan fingerprint density at radius 1 is 0.824 bits per heavy atom. The lowest BCUT2D eigenvalue weighted by molar-refractivity contribution is -0.156. The van der Waals surface area contributed by atoms with Crippen molar-refractivity contribution >= 4 is 57.1 Å². The number of hydrogen-bond acceptors (Lipinski definition) is 10. The van der Waals surface area contributed by atoms with E-state index in [0.717, 1.165) is 16.2 Å². The van der Waals surface area contributed by atoms with Crippen LogP contribution in [0.15, 0.2) is 76.6 Å². The Bertz CT molecular complexity index is 1870. The number of nitrogens with two attached hydrogens (primary N) is 1. The zero-order valence-corrected chi connectivity index (χ0v) is 31.7. The Labute approximate surface area is 302 Å². The Kier molecular flexibility index (Phi) is 12.8. The number of guanidine groups is 1. The van der Waals surface area contributed by atoms with E-state index in [9.17, 15) is 27.6 Å². The van der Waals surface area contributed by atoms with Crippen molar-refractivity contribution in [3.8, 4) is 10.4 Å². The number of carbonyl (C=O) groups is 4. The number of amides is 3. The molecule has 1 unspecified atom stereocenters. The fourth-order valence-corrected chi connectivity index (χ4v) is 6.29. The van der Waals surface area contributed by atoms with E-state index in [0.29, 0.717) is 10.4 Å². The van der Waals surface area contributed by atoms with Gasteiger partial charge in [0.05, 0.1) is 15.5 Å². The first-order valence-electron chi connectivity index (χ1n) is 15.8. The minimum atomic E-state index is -4.13. The molecule has 0 aliphatic carbocycles. The molecule has 51 heavy (non-hydrogen) atoms. The number of nitrogens with zero attached hydrogens (tertiary/aromatic N) is 2. The molecule has 0 saturated heterocycles. The van der Waals surface area contributed by atoms with Gasteiger partial charge in [-0.05, 0) is 104 Å². The summed E-state index contributed by atoms with van der Waals surface area (Å²) in [6.45, 7) is 14.5. The standard InChI is InChI=1S/C35H45N5O9S2/c1-33(2,3)47-29(42)25(39-51(45,46)24-16-11-10-12-17-24)21-37-28(41)27-19-18-26(50-27)22-14-13-15-23(20-22)40(32(44)49-35(7,8)9)30(36)38-31(43)48-34(4,5)6/h10-20,25,39H,21H2,1-9H3,(H,37,41)(H2,36,38,43). The quantitative estimate of drug-likeness (QED) is 0.104. The molecule has 4 N–H and O–H groups in total. The van der Waals surface area contributed by atoms with Crippen molar-refractivity contribution in [2.45, 2.75) is 90.1 Å². The number of thiophene rings is 1. The number of benzene rings is 2. The van der Waals surface area contributed by atoms with Gasteiger partial charge in [-0.15, -0.1) is 16.3 Å². The zero-order chi connectivity index (χ0) is 38.4. The van der Waals surface area contributed by atoms with Crippen LogP contribution in [0.2, 0.25) is 0 Å². The summed E-state index contributed by atoms with van der Waals surface area (Å²) in [5, 5.41) is 2.62. The highest BCUT2D eigenvalue weighted by atomic mass is 32.2. The van der Waals surface area contributed by atoms with Gasteiger partial charge in [0.25, 0.3) is 5.91 Å². The molecule has 16 heteroatoms. The van der Waals surface area contributed by atoms with Gasteiger partial charge in [-0.25, -0.2) is 22.9 Å². The van der Waals surface area contributed by atoms with E-state index in [1.165, 1.54) is 12.1 Å². The molecule has 3 amide bonds. The first-order valence-corrected chi connectivity index (χ1v) is 18.1. The molecule has 0 bridgehead atoms. The van der Waals surface area contributed by atoms with Crippen LogP contribution in [0, 0.1) is 0 Å². The summed E-state index contributed by atoms with van der Waals surface area (Å²) < 4.78 is 44.6. The van der Waals surface area contributed by atoms with Crippen LogP contribution < -0.4 is 20.7 Å². The van der Waals surface area contributed by atoms with E-state index < -0.39 is 69.4 Å². The molecule has 1 heterocycles. The van der Waals surface area contributed by atoms with Crippen molar-refractivity contribution in [3.05, 3.63) is 71.6 Å². The van der Waals surface area contributed by atoms with E-state index in [1.54, 1.807) is 117 Å². The number of rotatable bonds is 9. The van der Waals surface area contributed by atoms with Gasteiger partial charge in [-0.1, -0.05) is 30.3 Å². The van der Waals surface area contributed by atoms with Crippen LogP contribution >= 0.6 is 11.3 Å². The molecule has 3 rings (SSSR count). The van der Waals surface area contributed by atoms with E-state index in [4.69, 9.17) is 19.9 Å². The van der Waals surface area contributed by atoms with Gasteiger partial charge in [0, 0.05) is 11.4 Å². The number of sulfonamides is 1. The van der Waals surface area contributed by atoms with Crippen LogP contribution in [0.5, 0.6) is 0 Å². The number of hydrogen-bond donors (Lipinski definition) is 3. The molecule has 1 atom stereocenters. The van der Waals surface area contributed by atoms with Gasteiger partial charge >= 0.3 is 18.2 Å². The third kappa shape index (κ3) is 12.8. The average molecular weight is 744 g/mol. The molecule has 14 nitrogen and oxygen atoms in total. The highest BCUT2D eigenvalue weighted by Gasteiger charge is 2.31. The summed E-state index contributed by atoms with van der Waals surface area (Å²) in [5.74, 6) is -1.92. The monoisotopic (exact) mass is 743 g/mol. The van der Waals surface area contributed by atoms with E-state index in [1.807, 2.05) is 0 Å². The second kappa shape index (κ2) is 16.0. The molecule has 0 aliphatic rings. The number of nitrogens with one attached hydrogen (secondary N) is 2. The minimum absolute atomic E-state index is 0.0573. The fourth-order valence-electron chi connectivity index (χ4n) is 4.16. The molecule has 276 valence electrons. The molecule has 0 spiro atoms. The maximum absolute atomic E-state index is 13.3. The van der Waals surface area contributed by atoms with Gasteiger partial charge in [0.15, 0.2) is 0 Å². The largest absolute Gasteiger partial charge is 0.459 e. The molecule has 2 aromatic carbocycles. The lowest BCUT2D eigenvalue weighted by Crippen LogP contribution is -2.50. The van der Waals surface area contributed by atoms with E-state index in [2.05, 4.69) is 15.0 Å². The molecule has 0 radical (unpaired) electrons. The zero-order valence-electron chi connectivity index (χ0n) is 30.1. The third-order valence-electron chi connectivity index (χ3n) is 6.13. The summed E-state index contributed by atoms with van der Waals surface area (Å²) in [4.78, 5) is 57.5. The van der Waals surface area contributed by atoms with Gasteiger partial charge in [-0.3, -0.25) is 9.59 Å². The molecule has 1 aromatic heterocycles. The highest BCUT2D eigenvalue weighted by Crippen LogP contribution is 2.31. The van der Waals surface area contributed by atoms with Crippen molar-refractivity contribution in [2.75, 3.05) is 11.4 Å². The predicted molar refractivity (Wildman–Crippen MR) is 195 cm³/mol. The van der Waals surface area contributed by atoms with Crippen molar-refractivity contribution in [3.63, 3.8) is 0 Å². The summed E-state index contributed by atoms with van der Waals surface area (Å²) in [6, 6.07) is 15.9. The first-order chi connectivity index (χ1) is 23.4. The summed E-state index contributed by atoms with van der Waals surface area (Å²) in [6.07, 6.45) is -1.89. The van der Waals surface area contributed by atoms with Crippen molar-refractivity contribution < 1.29 is 41.8 Å². The number of aliphatic imine (C=N–C) groups is 1. The van der Waals surface area contributed by atoms with E-state index >= 15 is 0 Å². The number of ether oxygens (including phenoxy) is 3. The maximum atomic E-state index is 13.3. The smallest absolute Gasteiger partial charge is 0.437 e. The second-order valence-corrected chi connectivity index (χ2v) is 17.0. The summed E-state index contributed by atoms with van der Waals surface area (Å²) in [7, 11) is -4.13. The van der Waals surface area contributed by atoms with Crippen molar-refractivity contribution in [1.29, 1.82) is 0 Å². The Balaban J connectivity index is 1.87. The Morgan fingerprint density at radius 3 is 2.02 bits per heavy atom. The Morgan fingerprint density at radius 2 is 1.43 bits per heavy atom. The normalized spacial score (nSPS) is 13.2. The molecular formula is C35H45N5O9S2. The van der Waals surface area contributed by atoms with Gasteiger partial charge in [-0.2, -0.15) is 4.72 Å². The van der Waals surface area contributed by atoms with Crippen LogP contribution in [0.1, 0.15) is 72.0 Å². The lowest BCUT2D eigenvalue weighted by atomic mass is 10.1. The summed E-state index contributed by atoms with van der Waals surface area (Å²) in [5.41, 5.74) is 4.28. The van der Waals surface area contributed by atoms with Gasteiger partial charge in [0.1, 0.15) is 22.8 Å². The fraction of sp³-hybridized carbons (Fsp3) is 0.400. The van der Waals surface area contributed by atoms with Crippen molar-refractivity contribution in [1.82, 2.24) is 10.0 Å². The molecular weight excluding hydrogens is 699 g/mol. The second-order valence-electron chi connectivity index (χ2n) is 14.2. The molecule has 0 aliphatic heterocycles. The van der Waals surface area contributed by atoms with Crippen LogP contribution in [0.4, 0.5) is 15.3 Å². The molecule has 3 aromatic rings. The summed E-state index contributed by atoms with van der Waals surface area (Å²) >= 11 is 1.10. The predicted octanol–water partition coefficient (Wildman–Crippen LogP) is 5.83. The highest BCUT2D eigenvalue weighted by molar-refractivity contribution is 7.89. The van der Waals surface area contributed by atoms with Crippen LogP contribution in [0.3, 0.4) is 0 Å². The van der Waals surface area contributed by atoms with Crippen LogP contribution in [0.25, 0.3) is 10.4 Å². The first kappa shape index (κ1) is 40.6. The minimum Gasteiger partial charge on any atom is -0.459 e. The lowest BCUT2D eigenvalue weighted by Gasteiger charge is -2.27. The van der Waals surface area contributed by atoms with Crippen molar-refractivity contribution in [2.24, 2.45) is 10.7 Å². The third-order valence-corrected chi connectivity index (χ3v) is 8.75. The number of esters is 1. The van der Waals surface area contributed by atoms with Gasteiger partial charge < -0.3 is 25.3 Å². The van der Waals surface area contributed by atoms with Crippen LogP contribution in [-0.4, -0.2) is 67.8 Å². The molecule has 0 saturated carbocycles. The van der Waals surface area contributed by atoms with E-state index in [-0.39, 0.29) is 15.5 Å². The number of anilines is 1.